The lowest BCUT2D eigenvalue weighted by atomic mass is 9.99. The average molecular weight is 214 g/mol. The summed E-state index contributed by atoms with van der Waals surface area (Å²) in [6.07, 6.45) is 6.91. The molecule has 1 aromatic rings. The van der Waals surface area contributed by atoms with Crippen LogP contribution in [-0.2, 0) is 6.42 Å². The Morgan fingerprint density at radius 1 is 1.29 bits per heavy atom. The minimum absolute atomic E-state index is 0. The Hall–Kier alpha value is -0.560. The number of pyridine rings is 1. The molecule has 0 saturated carbocycles. The molecule has 0 aromatic carbocycles. The van der Waals surface area contributed by atoms with Crippen LogP contribution in [0.3, 0.4) is 0 Å². The maximum Gasteiger partial charge on any atom is 0.0403 e. The third-order valence-electron chi connectivity index (χ3n) is 2.40. The maximum atomic E-state index is 4.31. The topological polar surface area (TPSA) is 12.9 Å². The highest BCUT2D eigenvalue weighted by atomic mass is 35.5. The van der Waals surface area contributed by atoms with E-state index in [2.05, 4.69) is 31.0 Å². The van der Waals surface area contributed by atoms with Gasteiger partial charge in [0, 0.05) is 11.9 Å². The minimum Gasteiger partial charge on any atom is -0.261 e. The molecule has 0 radical (unpaired) electrons. The van der Waals surface area contributed by atoms with Crippen molar-refractivity contribution in [3.05, 3.63) is 30.1 Å². The Kier molecular flexibility index (Phi) is 7.50. The first-order valence-electron chi connectivity index (χ1n) is 5.22. The fraction of sp³-hybridized carbons (Fsp3) is 0.583. The molecular formula is C12H20ClN. The van der Waals surface area contributed by atoms with Crippen LogP contribution in [0.25, 0.3) is 0 Å². The fourth-order valence-corrected chi connectivity index (χ4v) is 1.58. The fourth-order valence-electron chi connectivity index (χ4n) is 1.58. The molecule has 1 atom stereocenters. The van der Waals surface area contributed by atoms with E-state index < -0.39 is 0 Å². The van der Waals surface area contributed by atoms with Crippen molar-refractivity contribution >= 4 is 12.4 Å². The first kappa shape index (κ1) is 13.4. The third kappa shape index (κ3) is 5.23. The van der Waals surface area contributed by atoms with Crippen molar-refractivity contribution < 1.29 is 0 Å². The second kappa shape index (κ2) is 7.81. The Labute approximate surface area is 93.4 Å². The predicted molar refractivity (Wildman–Crippen MR) is 63.9 cm³/mol. The molecule has 0 bridgehead atoms. The van der Waals surface area contributed by atoms with Gasteiger partial charge in [0.25, 0.3) is 0 Å². The van der Waals surface area contributed by atoms with Crippen LogP contribution in [0.4, 0.5) is 0 Å². The molecule has 0 amide bonds. The van der Waals surface area contributed by atoms with Crippen molar-refractivity contribution in [1.82, 2.24) is 4.98 Å². The summed E-state index contributed by atoms with van der Waals surface area (Å²) >= 11 is 0. The number of aryl methyl sites for hydroxylation is 1. The number of aromatic nitrogens is 1. The Balaban J connectivity index is 0.00000169. The predicted octanol–water partition coefficient (Wildman–Crippen LogP) is 3.87. The van der Waals surface area contributed by atoms with Crippen LogP contribution in [0, 0.1) is 5.92 Å². The Bertz CT molecular complexity index is 223. The van der Waals surface area contributed by atoms with Gasteiger partial charge in [-0.3, -0.25) is 4.98 Å². The van der Waals surface area contributed by atoms with E-state index in [4.69, 9.17) is 0 Å². The molecule has 1 unspecified atom stereocenters. The molecule has 0 aliphatic rings. The molecule has 2 heteroatoms. The number of rotatable bonds is 5. The van der Waals surface area contributed by atoms with Crippen LogP contribution in [0.15, 0.2) is 24.4 Å². The van der Waals surface area contributed by atoms with Gasteiger partial charge in [0.2, 0.25) is 0 Å². The molecule has 0 N–H and O–H groups in total. The van der Waals surface area contributed by atoms with E-state index in [0.717, 1.165) is 12.3 Å². The lowest BCUT2D eigenvalue weighted by Gasteiger charge is -2.08. The Morgan fingerprint density at radius 2 is 2.07 bits per heavy atom. The molecule has 1 nitrogen and oxygen atoms in total. The average Bonchev–Trinajstić information content (AvgIpc) is 2.17. The number of halogens is 1. The maximum absolute atomic E-state index is 4.31. The van der Waals surface area contributed by atoms with E-state index in [1.807, 2.05) is 12.3 Å². The summed E-state index contributed by atoms with van der Waals surface area (Å²) < 4.78 is 0. The number of nitrogens with zero attached hydrogens (tertiary/aromatic N) is 1. The Morgan fingerprint density at radius 3 is 2.64 bits per heavy atom. The van der Waals surface area contributed by atoms with Gasteiger partial charge in [0.15, 0.2) is 0 Å². The molecule has 80 valence electrons. The van der Waals surface area contributed by atoms with E-state index in [9.17, 15) is 0 Å². The quantitative estimate of drug-likeness (QED) is 0.724. The van der Waals surface area contributed by atoms with E-state index in [1.54, 1.807) is 0 Å². The summed E-state index contributed by atoms with van der Waals surface area (Å²) in [4.78, 5) is 4.31. The summed E-state index contributed by atoms with van der Waals surface area (Å²) in [6.45, 7) is 4.57. The molecule has 14 heavy (non-hydrogen) atoms. The zero-order valence-corrected chi connectivity index (χ0v) is 9.89. The molecule has 0 aliphatic heterocycles. The molecule has 1 heterocycles. The lowest BCUT2D eigenvalue weighted by Crippen LogP contribution is -1.97. The zero-order valence-electron chi connectivity index (χ0n) is 9.07. The van der Waals surface area contributed by atoms with Crippen molar-refractivity contribution in [3.8, 4) is 0 Å². The number of hydrogen-bond acceptors (Lipinski definition) is 1. The first-order valence-corrected chi connectivity index (χ1v) is 5.22. The molecule has 0 saturated heterocycles. The van der Waals surface area contributed by atoms with Gasteiger partial charge < -0.3 is 0 Å². The monoisotopic (exact) mass is 213 g/mol. The highest BCUT2D eigenvalue weighted by Crippen LogP contribution is 2.12. The summed E-state index contributed by atoms with van der Waals surface area (Å²) in [5, 5.41) is 0. The van der Waals surface area contributed by atoms with Gasteiger partial charge in [0.1, 0.15) is 0 Å². The van der Waals surface area contributed by atoms with Gasteiger partial charge >= 0.3 is 0 Å². The number of hydrogen-bond donors (Lipinski definition) is 0. The van der Waals surface area contributed by atoms with Crippen LogP contribution in [0.5, 0.6) is 0 Å². The molecular weight excluding hydrogens is 194 g/mol. The molecule has 1 aromatic heterocycles. The summed E-state index contributed by atoms with van der Waals surface area (Å²) in [7, 11) is 0. The zero-order chi connectivity index (χ0) is 9.52. The summed E-state index contributed by atoms with van der Waals surface area (Å²) in [6, 6.07) is 6.14. The smallest absolute Gasteiger partial charge is 0.0403 e. The standard InChI is InChI=1S/C12H19N.ClH/c1-3-6-11(2)8-9-12-7-4-5-10-13-12;/h4-5,7,10-11H,3,6,8-9H2,1-2H3;1H. The molecule has 1 rings (SSSR count). The highest BCUT2D eigenvalue weighted by Gasteiger charge is 2.01. The van der Waals surface area contributed by atoms with Gasteiger partial charge in [-0.15, -0.1) is 12.4 Å². The van der Waals surface area contributed by atoms with Gasteiger partial charge in [-0.1, -0.05) is 32.8 Å². The molecule has 0 aliphatic carbocycles. The van der Waals surface area contributed by atoms with Crippen molar-refractivity contribution in [2.75, 3.05) is 0 Å². The van der Waals surface area contributed by atoms with E-state index in [-0.39, 0.29) is 12.4 Å². The van der Waals surface area contributed by atoms with Gasteiger partial charge in [-0.2, -0.15) is 0 Å². The molecule has 0 spiro atoms. The van der Waals surface area contributed by atoms with Crippen LogP contribution in [-0.4, -0.2) is 4.98 Å². The van der Waals surface area contributed by atoms with Crippen LogP contribution >= 0.6 is 12.4 Å². The van der Waals surface area contributed by atoms with Crippen LogP contribution in [0.2, 0.25) is 0 Å². The third-order valence-corrected chi connectivity index (χ3v) is 2.40. The lowest BCUT2D eigenvalue weighted by molar-refractivity contribution is 0.484. The van der Waals surface area contributed by atoms with E-state index >= 15 is 0 Å². The second-order valence-corrected chi connectivity index (χ2v) is 3.75. The summed E-state index contributed by atoms with van der Waals surface area (Å²) in [5.41, 5.74) is 1.23. The van der Waals surface area contributed by atoms with E-state index in [0.29, 0.717) is 0 Å². The second-order valence-electron chi connectivity index (χ2n) is 3.75. The van der Waals surface area contributed by atoms with Crippen molar-refractivity contribution in [3.63, 3.8) is 0 Å². The minimum atomic E-state index is 0. The van der Waals surface area contributed by atoms with Crippen molar-refractivity contribution in [2.24, 2.45) is 5.92 Å². The van der Waals surface area contributed by atoms with Crippen LogP contribution in [0.1, 0.15) is 38.8 Å². The largest absolute Gasteiger partial charge is 0.261 e. The van der Waals surface area contributed by atoms with Gasteiger partial charge in [0.05, 0.1) is 0 Å². The summed E-state index contributed by atoms with van der Waals surface area (Å²) in [5.74, 6) is 0.840. The van der Waals surface area contributed by atoms with Crippen molar-refractivity contribution in [1.29, 1.82) is 0 Å². The van der Waals surface area contributed by atoms with Gasteiger partial charge in [-0.05, 0) is 30.9 Å². The van der Waals surface area contributed by atoms with E-state index in [1.165, 1.54) is 25.0 Å². The molecule has 0 fully saturated rings. The highest BCUT2D eigenvalue weighted by molar-refractivity contribution is 5.85. The van der Waals surface area contributed by atoms with Gasteiger partial charge in [-0.25, -0.2) is 0 Å². The normalized spacial score (nSPS) is 11.9. The van der Waals surface area contributed by atoms with Crippen LogP contribution < -0.4 is 0 Å². The van der Waals surface area contributed by atoms with Crippen molar-refractivity contribution in [2.45, 2.75) is 39.5 Å². The SMILES string of the molecule is CCCC(C)CCc1ccccn1.Cl. The first-order chi connectivity index (χ1) is 6.33.